The minimum Gasteiger partial charge on any atom is -0.325 e. The maximum absolute atomic E-state index is 13.6. The number of hydrogen-bond donors (Lipinski definition) is 1. The third kappa shape index (κ3) is 5.91. The lowest BCUT2D eigenvalue weighted by Crippen LogP contribution is -2.37. The number of hydrogen-bond acceptors (Lipinski definition) is 3. The van der Waals surface area contributed by atoms with E-state index in [1.165, 1.54) is 24.3 Å². The Labute approximate surface area is 186 Å². The van der Waals surface area contributed by atoms with Crippen molar-refractivity contribution in [3.8, 4) is 0 Å². The summed E-state index contributed by atoms with van der Waals surface area (Å²) in [5.41, 5.74) is 2.56. The van der Waals surface area contributed by atoms with Gasteiger partial charge in [-0.05, 0) is 61.4 Å². The van der Waals surface area contributed by atoms with E-state index in [4.69, 9.17) is 11.6 Å². The van der Waals surface area contributed by atoms with E-state index in [1.54, 1.807) is 49.4 Å². The average Bonchev–Trinajstić information content (AvgIpc) is 2.72. The molecule has 1 amide bonds. The molecule has 3 aromatic carbocycles. The Kier molecular flexibility index (Phi) is 7.10. The van der Waals surface area contributed by atoms with E-state index in [0.29, 0.717) is 21.8 Å². The molecule has 0 radical (unpaired) electrons. The molecule has 1 N–H and O–H groups in total. The van der Waals surface area contributed by atoms with Crippen LogP contribution in [0, 0.1) is 19.7 Å². The number of nitrogens with zero attached hydrogens (tertiary/aromatic N) is 1. The number of amides is 1. The molecule has 0 atom stereocenters. The minimum absolute atomic E-state index is 0.0249. The largest absolute Gasteiger partial charge is 0.325 e. The van der Waals surface area contributed by atoms with Gasteiger partial charge in [0.05, 0.1) is 11.4 Å². The summed E-state index contributed by atoms with van der Waals surface area (Å²) in [6.07, 6.45) is 0. The van der Waals surface area contributed by atoms with Crippen molar-refractivity contribution in [2.24, 2.45) is 0 Å². The van der Waals surface area contributed by atoms with Crippen LogP contribution < -0.4 is 5.32 Å². The number of nitrogens with one attached hydrogen (secondary N) is 1. The van der Waals surface area contributed by atoms with Crippen molar-refractivity contribution in [3.63, 3.8) is 0 Å². The van der Waals surface area contributed by atoms with Gasteiger partial charge in [-0.15, -0.1) is 0 Å². The number of carbonyl (C=O) groups excluding carboxylic acids is 1. The first kappa shape index (κ1) is 22.9. The molecule has 162 valence electrons. The van der Waals surface area contributed by atoms with Gasteiger partial charge < -0.3 is 5.32 Å². The van der Waals surface area contributed by atoms with Crippen LogP contribution in [0.3, 0.4) is 0 Å². The topological polar surface area (TPSA) is 66.5 Å². The van der Waals surface area contributed by atoms with Gasteiger partial charge in [0.25, 0.3) is 0 Å². The molecular weight excluding hydrogens is 439 g/mol. The molecule has 0 saturated heterocycles. The van der Waals surface area contributed by atoms with Crippen molar-refractivity contribution in [2.75, 3.05) is 11.9 Å². The fraction of sp³-hybridized carbons (Fsp3) is 0.174. The van der Waals surface area contributed by atoms with Crippen molar-refractivity contribution < 1.29 is 17.6 Å². The Morgan fingerprint density at radius 2 is 1.65 bits per heavy atom. The van der Waals surface area contributed by atoms with E-state index in [9.17, 15) is 17.6 Å². The molecule has 0 bridgehead atoms. The molecule has 0 fully saturated rings. The van der Waals surface area contributed by atoms with E-state index >= 15 is 0 Å². The predicted molar refractivity (Wildman–Crippen MR) is 120 cm³/mol. The SMILES string of the molecule is Cc1ccc(S(=O)(=O)N(CC(=O)Nc2cc(F)ccc2C)Cc2ccc(Cl)cc2)cc1. The number of halogens is 2. The highest BCUT2D eigenvalue weighted by molar-refractivity contribution is 7.89. The van der Waals surface area contributed by atoms with Crippen LogP contribution >= 0.6 is 11.6 Å². The van der Waals surface area contributed by atoms with E-state index in [1.807, 2.05) is 6.92 Å². The second-order valence-corrected chi connectivity index (χ2v) is 9.59. The molecule has 8 heteroatoms. The van der Waals surface area contributed by atoms with E-state index in [2.05, 4.69) is 5.32 Å². The third-order valence-electron chi connectivity index (χ3n) is 4.72. The van der Waals surface area contributed by atoms with Crippen LogP contribution in [0.2, 0.25) is 5.02 Å². The average molecular weight is 461 g/mol. The summed E-state index contributed by atoms with van der Waals surface area (Å²) in [6, 6.07) is 17.2. The second kappa shape index (κ2) is 9.60. The maximum atomic E-state index is 13.6. The number of anilines is 1. The van der Waals surface area contributed by atoms with Gasteiger partial charge in [-0.25, -0.2) is 12.8 Å². The molecule has 0 aliphatic carbocycles. The Morgan fingerprint density at radius 3 is 2.29 bits per heavy atom. The van der Waals surface area contributed by atoms with Crippen molar-refractivity contribution >= 4 is 33.2 Å². The highest BCUT2D eigenvalue weighted by Gasteiger charge is 2.27. The fourth-order valence-corrected chi connectivity index (χ4v) is 4.47. The fourth-order valence-electron chi connectivity index (χ4n) is 2.96. The van der Waals surface area contributed by atoms with Crippen LogP contribution in [-0.4, -0.2) is 25.2 Å². The van der Waals surface area contributed by atoms with Crippen LogP contribution in [0.25, 0.3) is 0 Å². The summed E-state index contributed by atoms with van der Waals surface area (Å²) in [5.74, 6) is -1.07. The smallest absolute Gasteiger partial charge is 0.243 e. The summed E-state index contributed by atoms with van der Waals surface area (Å²) in [4.78, 5) is 12.8. The Bertz CT molecular complexity index is 1180. The maximum Gasteiger partial charge on any atom is 0.243 e. The van der Waals surface area contributed by atoms with Gasteiger partial charge >= 0.3 is 0 Å². The molecule has 31 heavy (non-hydrogen) atoms. The number of sulfonamides is 1. The van der Waals surface area contributed by atoms with Crippen LogP contribution in [0.1, 0.15) is 16.7 Å². The zero-order valence-corrected chi connectivity index (χ0v) is 18.7. The molecule has 0 aliphatic rings. The van der Waals surface area contributed by atoms with Gasteiger partial charge in [-0.2, -0.15) is 4.31 Å². The minimum atomic E-state index is -3.97. The number of benzene rings is 3. The Balaban J connectivity index is 1.89. The molecule has 0 spiro atoms. The Hall–Kier alpha value is -2.74. The zero-order valence-electron chi connectivity index (χ0n) is 17.1. The molecule has 5 nitrogen and oxygen atoms in total. The van der Waals surface area contributed by atoms with Gasteiger partial charge in [-0.1, -0.05) is 47.5 Å². The van der Waals surface area contributed by atoms with E-state index < -0.39 is 28.3 Å². The first-order valence-corrected chi connectivity index (χ1v) is 11.3. The number of rotatable bonds is 7. The van der Waals surface area contributed by atoms with Crippen molar-refractivity contribution in [3.05, 3.63) is 94.3 Å². The molecular formula is C23H22ClFN2O3S. The molecule has 3 aromatic rings. The van der Waals surface area contributed by atoms with Gasteiger partial charge in [-0.3, -0.25) is 4.79 Å². The predicted octanol–water partition coefficient (Wildman–Crippen LogP) is 4.93. The summed E-state index contributed by atoms with van der Waals surface area (Å²) >= 11 is 5.92. The molecule has 3 rings (SSSR count). The third-order valence-corrected chi connectivity index (χ3v) is 6.78. The van der Waals surface area contributed by atoms with Crippen LogP contribution in [-0.2, 0) is 21.4 Å². The monoisotopic (exact) mass is 460 g/mol. The normalized spacial score (nSPS) is 11.5. The standard InChI is InChI=1S/C23H22ClFN2O3S/c1-16-3-11-21(12-4-16)31(29,30)27(14-18-6-8-19(24)9-7-18)15-23(28)26-22-13-20(25)10-5-17(22)2/h3-13H,14-15H2,1-2H3,(H,26,28). The summed E-state index contributed by atoms with van der Waals surface area (Å²) in [6.45, 7) is 3.12. The van der Waals surface area contributed by atoms with Gasteiger partial charge in [0.15, 0.2) is 0 Å². The summed E-state index contributed by atoms with van der Waals surface area (Å²) < 4.78 is 41.2. The Morgan fingerprint density at radius 1 is 1.00 bits per heavy atom. The lowest BCUT2D eigenvalue weighted by atomic mass is 10.2. The van der Waals surface area contributed by atoms with Gasteiger partial charge in [0.2, 0.25) is 15.9 Å². The van der Waals surface area contributed by atoms with Crippen LogP contribution in [0.4, 0.5) is 10.1 Å². The van der Waals surface area contributed by atoms with E-state index in [-0.39, 0.29) is 11.4 Å². The summed E-state index contributed by atoms with van der Waals surface area (Å²) in [5, 5.41) is 3.13. The highest BCUT2D eigenvalue weighted by atomic mass is 35.5. The lowest BCUT2D eigenvalue weighted by molar-refractivity contribution is -0.116. The van der Waals surface area contributed by atoms with E-state index in [0.717, 1.165) is 9.87 Å². The second-order valence-electron chi connectivity index (χ2n) is 7.22. The molecule has 0 aliphatic heterocycles. The molecule has 0 saturated carbocycles. The first-order chi connectivity index (χ1) is 14.6. The highest BCUT2D eigenvalue weighted by Crippen LogP contribution is 2.21. The van der Waals surface area contributed by atoms with Crippen molar-refractivity contribution in [1.29, 1.82) is 0 Å². The quantitative estimate of drug-likeness (QED) is 0.544. The number of aryl methyl sites for hydroxylation is 2. The number of carbonyl (C=O) groups is 1. The molecule has 0 heterocycles. The van der Waals surface area contributed by atoms with Crippen molar-refractivity contribution in [1.82, 2.24) is 4.31 Å². The van der Waals surface area contributed by atoms with Gasteiger partial charge in [0.1, 0.15) is 5.82 Å². The van der Waals surface area contributed by atoms with Crippen molar-refractivity contribution in [2.45, 2.75) is 25.3 Å². The first-order valence-electron chi connectivity index (χ1n) is 9.52. The summed E-state index contributed by atoms with van der Waals surface area (Å²) in [7, 11) is -3.97. The molecule has 0 unspecified atom stereocenters. The van der Waals surface area contributed by atoms with Crippen LogP contribution in [0.15, 0.2) is 71.6 Å². The lowest BCUT2D eigenvalue weighted by Gasteiger charge is -2.22. The van der Waals surface area contributed by atoms with Crippen LogP contribution in [0.5, 0.6) is 0 Å². The zero-order chi connectivity index (χ0) is 22.6. The molecule has 0 aromatic heterocycles. The van der Waals surface area contributed by atoms with Gasteiger partial charge in [0, 0.05) is 17.3 Å².